The van der Waals surface area contributed by atoms with Crippen molar-refractivity contribution in [3.05, 3.63) is 33.9 Å². The highest BCUT2D eigenvalue weighted by molar-refractivity contribution is 6.25. The molecule has 0 spiro atoms. The number of Topliss-reactive ketones (excluding diaryl/α,β-unsaturated/α-hetero) is 2. The molecular formula is C19H28O2. The first-order chi connectivity index (χ1) is 9.50. The molecule has 0 saturated carbocycles. The van der Waals surface area contributed by atoms with Gasteiger partial charge in [-0.3, -0.25) is 9.59 Å². The Bertz CT molecular complexity index is 566. The highest BCUT2D eigenvalue weighted by Crippen LogP contribution is 2.39. The lowest BCUT2D eigenvalue weighted by molar-refractivity contribution is -0.117. The van der Waals surface area contributed by atoms with E-state index in [0.29, 0.717) is 28.2 Å². The molecule has 0 heterocycles. The molecule has 0 saturated heterocycles. The molecule has 0 radical (unpaired) electrons. The van der Waals surface area contributed by atoms with Gasteiger partial charge in [0.2, 0.25) is 0 Å². The summed E-state index contributed by atoms with van der Waals surface area (Å²) in [5.41, 5.74) is 3.48. The van der Waals surface area contributed by atoms with Gasteiger partial charge in [-0.25, -0.2) is 0 Å². The van der Waals surface area contributed by atoms with Crippen LogP contribution in [-0.4, -0.2) is 11.6 Å². The number of rotatable bonds is 4. The largest absolute Gasteiger partial charge is 0.289 e. The maximum Gasteiger partial charge on any atom is 0.186 e. The van der Waals surface area contributed by atoms with Crippen LogP contribution in [0.15, 0.2) is 33.9 Å². The molecule has 0 atom stereocenters. The van der Waals surface area contributed by atoms with Crippen molar-refractivity contribution in [3.63, 3.8) is 0 Å². The third kappa shape index (κ3) is 3.42. The summed E-state index contributed by atoms with van der Waals surface area (Å²) in [5.74, 6) is 0.549. The van der Waals surface area contributed by atoms with Crippen LogP contribution in [0.1, 0.15) is 61.8 Å². The Morgan fingerprint density at radius 3 is 1.95 bits per heavy atom. The van der Waals surface area contributed by atoms with Gasteiger partial charge in [-0.1, -0.05) is 39.3 Å². The summed E-state index contributed by atoms with van der Waals surface area (Å²) < 4.78 is 0. The number of hydrogen-bond donors (Lipinski definition) is 0. The van der Waals surface area contributed by atoms with Gasteiger partial charge in [0.15, 0.2) is 11.6 Å². The maximum atomic E-state index is 12.6. The van der Waals surface area contributed by atoms with Crippen molar-refractivity contribution in [2.24, 2.45) is 11.3 Å². The fraction of sp³-hybridized carbons (Fsp3) is 0.579. The molecule has 0 aromatic carbocycles. The predicted molar refractivity (Wildman–Crippen MR) is 88.1 cm³/mol. The molecule has 0 aromatic rings. The van der Waals surface area contributed by atoms with Gasteiger partial charge in [0.25, 0.3) is 0 Å². The van der Waals surface area contributed by atoms with Gasteiger partial charge in [-0.2, -0.15) is 0 Å². The lowest BCUT2D eigenvalue weighted by Gasteiger charge is -2.31. The minimum Gasteiger partial charge on any atom is -0.289 e. The number of allylic oxidation sites excluding steroid dienone is 6. The molecule has 0 N–H and O–H groups in total. The van der Waals surface area contributed by atoms with Crippen molar-refractivity contribution in [2.75, 3.05) is 0 Å². The van der Waals surface area contributed by atoms with Gasteiger partial charge in [0.05, 0.1) is 0 Å². The van der Waals surface area contributed by atoms with Crippen LogP contribution in [0.3, 0.4) is 0 Å². The summed E-state index contributed by atoms with van der Waals surface area (Å²) in [6, 6.07) is 0. The first-order valence-corrected chi connectivity index (χ1v) is 7.65. The average Bonchev–Trinajstić information content (AvgIpc) is 2.40. The van der Waals surface area contributed by atoms with Crippen molar-refractivity contribution < 1.29 is 9.59 Å². The van der Waals surface area contributed by atoms with E-state index in [2.05, 4.69) is 40.7 Å². The summed E-state index contributed by atoms with van der Waals surface area (Å²) in [7, 11) is 0. The van der Waals surface area contributed by atoms with Crippen LogP contribution < -0.4 is 0 Å². The summed E-state index contributed by atoms with van der Waals surface area (Å²) in [4.78, 5) is 24.9. The van der Waals surface area contributed by atoms with Crippen LogP contribution >= 0.6 is 0 Å². The first-order valence-electron chi connectivity index (χ1n) is 7.65. The van der Waals surface area contributed by atoms with E-state index in [1.165, 1.54) is 5.57 Å². The normalized spacial score (nSPS) is 18.2. The molecule has 1 aliphatic carbocycles. The molecular weight excluding hydrogens is 260 g/mol. The predicted octanol–water partition coefficient (Wildman–Crippen LogP) is 4.81. The molecule has 2 nitrogen and oxygen atoms in total. The second kappa shape index (κ2) is 6.13. The van der Waals surface area contributed by atoms with E-state index in [0.717, 1.165) is 6.42 Å². The second-order valence-electron chi connectivity index (χ2n) is 7.10. The van der Waals surface area contributed by atoms with Gasteiger partial charge >= 0.3 is 0 Å². The lowest BCUT2D eigenvalue weighted by atomic mass is 9.71. The van der Waals surface area contributed by atoms with Crippen molar-refractivity contribution in [2.45, 2.75) is 61.8 Å². The van der Waals surface area contributed by atoms with Crippen LogP contribution in [-0.2, 0) is 9.59 Å². The molecule has 0 unspecified atom stereocenters. The molecule has 1 rings (SSSR count). The summed E-state index contributed by atoms with van der Waals surface area (Å²) in [5, 5.41) is 0. The van der Waals surface area contributed by atoms with E-state index in [4.69, 9.17) is 0 Å². The highest BCUT2D eigenvalue weighted by atomic mass is 16.1. The molecule has 1 aliphatic rings. The number of hydrogen-bond acceptors (Lipinski definition) is 2. The number of carbonyl (C=O) groups excluding carboxylic acids is 2. The molecule has 116 valence electrons. The Balaban J connectivity index is 3.22. The third-order valence-electron chi connectivity index (χ3n) is 4.71. The topological polar surface area (TPSA) is 34.1 Å². The average molecular weight is 288 g/mol. The van der Waals surface area contributed by atoms with Gasteiger partial charge in [-0.15, -0.1) is 0 Å². The lowest BCUT2D eigenvalue weighted by Crippen LogP contribution is -2.29. The zero-order valence-corrected chi connectivity index (χ0v) is 14.7. The summed E-state index contributed by atoms with van der Waals surface area (Å²) in [6.45, 7) is 15.8. The van der Waals surface area contributed by atoms with Crippen molar-refractivity contribution >= 4 is 11.6 Å². The van der Waals surface area contributed by atoms with Crippen LogP contribution in [0, 0.1) is 11.3 Å². The Morgan fingerprint density at radius 1 is 1.00 bits per heavy atom. The summed E-state index contributed by atoms with van der Waals surface area (Å²) >= 11 is 0. The molecule has 0 fully saturated rings. The molecule has 2 heteroatoms. The third-order valence-corrected chi connectivity index (χ3v) is 4.71. The van der Waals surface area contributed by atoms with E-state index >= 15 is 0 Å². The van der Waals surface area contributed by atoms with E-state index in [9.17, 15) is 9.59 Å². The van der Waals surface area contributed by atoms with Gasteiger partial charge in [-0.05, 0) is 45.4 Å². The van der Waals surface area contributed by atoms with Crippen LogP contribution in [0.2, 0.25) is 0 Å². The van der Waals surface area contributed by atoms with Crippen LogP contribution in [0.5, 0.6) is 0 Å². The minimum absolute atomic E-state index is 0.0136. The van der Waals surface area contributed by atoms with E-state index in [1.807, 2.05) is 0 Å². The van der Waals surface area contributed by atoms with Crippen molar-refractivity contribution in [1.82, 2.24) is 0 Å². The van der Waals surface area contributed by atoms with E-state index in [-0.39, 0.29) is 17.0 Å². The second-order valence-corrected chi connectivity index (χ2v) is 7.10. The number of ketones is 2. The van der Waals surface area contributed by atoms with Gasteiger partial charge in [0.1, 0.15) is 0 Å². The SMILES string of the molecule is CC1=C(C)C(=O)C(C(C)(C)C/C=C(\C)C(C)C)=C(C)C1=O. The van der Waals surface area contributed by atoms with E-state index < -0.39 is 0 Å². The molecule has 0 aliphatic heterocycles. The van der Waals surface area contributed by atoms with Gasteiger partial charge in [0, 0.05) is 22.3 Å². The van der Waals surface area contributed by atoms with Crippen LogP contribution in [0.4, 0.5) is 0 Å². The van der Waals surface area contributed by atoms with Crippen molar-refractivity contribution in [3.8, 4) is 0 Å². The maximum absolute atomic E-state index is 12.6. The monoisotopic (exact) mass is 288 g/mol. The molecule has 0 bridgehead atoms. The Kier molecular flexibility index (Phi) is 5.14. The fourth-order valence-electron chi connectivity index (χ4n) is 2.66. The molecule has 21 heavy (non-hydrogen) atoms. The fourth-order valence-corrected chi connectivity index (χ4v) is 2.66. The quantitative estimate of drug-likeness (QED) is 0.549. The minimum atomic E-state index is -0.324. The molecule has 0 amide bonds. The molecule has 0 aromatic heterocycles. The van der Waals surface area contributed by atoms with Crippen LogP contribution in [0.25, 0.3) is 0 Å². The number of carbonyl (C=O) groups is 2. The summed E-state index contributed by atoms with van der Waals surface area (Å²) in [6.07, 6.45) is 2.97. The Hall–Kier alpha value is -1.44. The first kappa shape index (κ1) is 17.6. The highest BCUT2D eigenvalue weighted by Gasteiger charge is 2.36. The zero-order valence-electron chi connectivity index (χ0n) is 14.7. The smallest absolute Gasteiger partial charge is 0.186 e. The van der Waals surface area contributed by atoms with Crippen molar-refractivity contribution in [1.29, 1.82) is 0 Å². The zero-order chi connectivity index (χ0) is 16.5. The Labute approximate surface area is 129 Å². The Morgan fingerprint density at radius 2 is 1.48 bits per heavy atom. The van der Waals surface area contributed by atoms with Gasteiger partial charge < -0.3 is 0 Å². The standard InChI is InChI=1S/C19H28O2/c1-11(2)12(3)9-10-19(7,8)16-15(6)17(20)13(4)14(5)18(16)21/h9,11H,10H2,1-8H3/b12-9+. The van der Waals surface area contributed by atoms with E-state index in [1.54, 1.807) is 20.8 Å².